The van der Waals surface area contributed by atoms with Crippen LogP contribution in [-0.4, -0.2) is 21.2 Å². The fourth-order valence-electron chi connectivity index (χ4n) is 1.99. The van der Waals surface area contributed by atoms with E-state index in [9.17, 15) is 0 Å². The first-order valence-corrected chi connectivity index (χ1v) is 5.64. The molecule has 0 N–H and O–H groups in total. The molecule has 0 saturated carbocycles. The summed E-state index contributed by atoms with van der Waals surface area (Å²) < 4.78 is 5.41. The fourth-order valence-corrected chi connectivity index (χ4v) is 1.99. The van der Waals surface area contributed by atoms with Gasteiger partial charge in [0.25, 0.3) is 0 Å². The second-order valence-corrected chi connectivity index (χ2v) is 5.48. The molecule has 2 heteroatoms. The van der Waals surface area contributed by atoms with E-state index in [-0.39, 0.29) is 5.41 Å². The molecule has 1 rings (SSSR count). The summed E-state index contributed by atoms with van der Waals surface area (Å²) >= 11 is 0. The Balaban J connectivity index is 3.39. The molecule has 90 valence electrons. The highest BCUT2D eigenvalue weighted by atomic mass is 16.5. The molecule has 1 aromatic carbocycles. The van der Waals surface area contributed by atoms with E-state index in [1.54, 1.807) is 7.11 Å². The van der Waals surface area contributed by atoms with E-state index in [0.717, 1.165) is 11.4 Å². The molecule has 0 unspecified atom stereocenters. The Hall–Kier alpha value is -1.18. The molecule has 1 aromatic rings. The minimum absolute atomic E-state index is 0.168. The van der Waals surface area contributed by atoms with E-state index in [2.05, 4.69) is 44.7 Å². The van der Waals surface area contributed by atoms with Crippen LogP contribution in [0.15, 0.2) is 12.1 Å². The third-order valence-corrected chi connectivity index (χ3v) is 2.82. The van der Waals surface area contributed by atoms with E-state index in [4.69, 9.17) is 4.74 Å². The first-order valence-electron chi connectivity index (χ1n) is 5.64. The first kappa shape index (κ1) is 12.9. The van der Waals surface area contributed by atoms with E-state index in [0.29, 0.717) is 0 Å². The van der Waals surface area contributed by atoms with Crippen molar-refractivity contribution in [3.05, 3.63) is 23.3 Å². The number of nitrogens with zero attached hydrogens (tertiary/aromatic N) is 1. The van der Waals surface area contributed by atoms with Crippen molar-refractivity contribution in [1.82, 2.24) is 0 Å². The van der Waals surface area contributed by atoms with Gasteiger partial charge in [-0.1, -0.05) is 20.8 Å². The third kappa shape index (κ3) is 2.49. The lowest BCUT2D eigenvalue weighted by atomic mass is 9.83. The zero-order valence-corrected chi connectivity index (χ0v) is 11.5. The van der Waals surface area contributed by atoms with Gasteiger partial charge in [0.1, 0.15) is 5.75 Å². The second kappa shape index (κ2) is 4.36. The molecule has 0 fully saturated rings. The zero-order chi connectivity index (χ0) is 12.5. The third-order valence-electron chi connectivity index (χ3n) is 2.82. The van der Waals surface area contributed by atoms with Crippen LogP contribution in [0.25, 0.3) is 0 Å². The van der Waals surface area contributed by atoms with Gasteiger partial charge >= 0.3 is 0 Å². The molecule has 0 spiro atoms. The minimum Gasteiger partial charge on any atom is -0.495 e. The van der Waals surface area contributed by atoms with Crippen LogP contribution in [0.5, 0.6) is 5.75 Å². The monoisotopic (exact) mass is 221 g/mol. The molecular formula is C14H23NO. The summed E-state index contributed by atoms with van der Waals surface area (Å²) in [5.41, 5.74) is 3.96. The summed E-state index contributed by atoms with van der Waals surface area (Å²) in [6.07, 6.45) is 0. The molecule has 0 aliphatic heterocycles. The average Bonchev–Trinajstić information content (AvgIpc) is 2.14. The number of methoxy groups -OCH3 is 1. The van der Waals surface area contributed by atoms with Crippen molar-refractivity contribution in [2.45, 2.75) is 33.1 Å². The van der Waals surface area contributed by atoms with E-state index in [1.165, 1.54) is 11.1 Å². The Morgan fingerprint density at radius 1 is 1.12 bits per heavy atom. The van der Waals surface area contributed by atoms with Crippen LogP contribution in [0.2, 0.25) is 0 Å². The number of aryl methyl sites for hydroxylation is 1. The Morgan fingerprint density at radius 3 is 2.06 bits per heavy atom. The lowest BCUT2D eigenvalue weighted by Crippen LogP contribution is -2.16. The number of benzene rings is 1. The number of hydrogen-bond acceptors (Lipinski definition) is 2. The van der Waals surface area contributed by atoms with Crippen molar-refractivity contribution in [3.8, 4) is 5.75 Å². The van der Waals surface area contributed by atoms with E-state index < -0.39 is 0 Å². The maximum absolute atomic E-state index is 5.41. The molecule has 0 aromatic heterocycles. The van der Waals surface area contributed by atoms with Crippen LogP contribution >= 0.6 is 0 Å². The summed E-state index contributed by atoms with van der Waals surface area (Å²) in [6, 6.07) is 4.35. The Labute approximate surface area is 99.2 Å². The van der Waals surface area contributed by atoms with E-state index >= 15 is 0 Å². The molecule has 16 heavy (non-hydrogen) atoms. The minimum atomic E-state index is 0.168. The van der Waals surface area contributed by atoms with Crippen molar-refractivity contribution in [3.63, 3.8) is 0 Å². The maximum atomic E-state index is 5.41. The molecule has 0 heterocycles. The van der Waals surface area contributed by atoms with Crippen molar-refractivity contribution in [2.24, 2.45) is 0 Å². The van der Waals surface area contributed by atoms with Crippen molar-refractivity contribution in [2.75, 3.05) is 26.1 Å². The van der Waals surface area contributed by atoms with Gasteiger partial charge in [-0.15, -0.1) is 0 Å². The van der Waals surface area contributed by atoms with Crippen molar-refractivity contribution >= 4 is 5.69 Å². The van der Waals surface area contributed by atoms with Gasteiger partial charge in [-0.3, -0.25) is 0 Å². The predicted octanol–water partition coefficient (Wildman–Crippen LogP) is 3.37. The number of rotatable bonds is 2. The Morgan fingerprint density at radius 2 is 1.69 bits per heavy atom. The molecular weight excluding hydrogens is 198 g/mol. The van der Waals surface area contributed by atoms with Crippen LogP contribution < -0.4 is 9.64 Å². The van der Waals surface area contributed by atoms with Crippen LogP contribution in [0.4, 0.5) is 5.69 Å². The average molecular weight is 221 g/mol. The number of anilines is 1. The van der Waals surface area contributed by atoms with Gasteiger partial charge in [-0.25, -0.2) is 0 Å². The van der Waals surface area contributed by atoms with Gasteiger partial charge in [0.15, 0.2) is 0 Å². The van der Waals surface area contributed by atoms with Crippen LogP contribution in [0.3, 0.4) is 0 Å². The summed E-state index contributed by atoms with van der Waals surface area (Å²) in [5.74, 6) is 0.940. The summed E-state index contributed by atoms with van der Waals surface area (Å²) in [7, 11) is 5.80. The van der Waals surface area contributed by atoms with Gasteiger partial charge < -0.3 is 9.64 Å². The summed E-state index contributed by atoms with van der Waals surface area (Å²) in [5, 5.41) is 0. The van der Waals surface area contributed by atoms with Crippen molar-refractivity contribution in [1.29, 1.82) is 0 Å². The molecule has 0 saturated heterocycles. The van der Waals surface area contributed by atoms with Gasteiger partial charge in [0, 0.05) is 14.1 Å². The molecule has 0 atom stereocenters. The quantitative estimate of drug-likeness (QED) is 0.759. The second-order valence-electron chi connectivity index (χ2n) is 5.48. The van der Waals surface area contributed by atoms with Crippen molar-refractivity contribution < 1.29 is 4.74 Å². The highest BCUT2D eigenvalue weighted by molar-refractivity contribution is 5.62. The predicted molar refractivity (Wildman–Crippen MR) is 70.8 cm³/mol. The van der Waals surface area contributed by atoms with Crippen LogP contribution in [0, 0.1) is 6.92 Å². The summed E-state index contributed by atoms with van der Waals surface area (Å²) in [6.45, 7) is 8.85. The molecule has 0 aliphatic carbocycles. The first-order chi connectivity index (χ1) is 7.27. The van der Waals surface area contributed by atoms with Gasteiger partial charge in [-0.2, -0.15) is 0 Å². The molecule has 0 radical (unpaired) electrons. The molecule has 2 nitrogen and oxygen atoms in total. The molecule has 0 amide bonds. The van der Waals surface area contributed by atoms with Gasteiger partial charge in [0.05, 0.1) is 12.8 Å². The van der Waals surface area contributed by atoms with Gasteiger partial charge in [-0.05, 0) is 35.6 Å². The lowest BCUT2D eigenvalue weighted by molar-refractivity contribution is 0.414. The van der Waals surface area contributed by atoms with Crippen LogP contribution in [0.1, 0.15) is 31.9 Å². The van der Waals surface area contributed by atoms with E-state index in [1.807, 2.05) is 14.1 Å². The number of ether oxygens (including phenoxy) is 1. The normalized spacial score (nSPS) is 11.4. The standard InChI is InChI=1S/C14H23NO/c1-10-8-13(16-7)12(15(5)6)9-11(10)14(2,3)4/h8-9H,1-7H3. The molecule has 0 bridgehead atoms. The van der Waals surface area contributed by atoms with Gasteiger partial charge in [0.2, 0.25) is 0 Å². The highest BCUT2D eigenvalue weighted by Crippen LogP contribution is 2.35. The highest BCUT2D eigenvalue weighted by Gasteiger charge is 2.19. The fraction of sp³-hybridized carbons (Fsp3) is 0.571. The Kier molecular flexibility index (Phi) is 3.51. The Bertz CT molecular complexity index is 375. The SMILES string of the molecule is COc1cc(C)c(C(C)(C)C)cc1N(C)C. The summed E-state index contributed by atoms with van der Waals surface area (Å²) in [4.78, 5) is 2.09. The number of hydrogen-bond donors (Lipinski definition) is 0. The maximum Gasteiger partial charge on any atom is 0.142 e. The zero-order valence-electron chi connectivity index (χ0n) is 11.5. The smallest absolute Gasteiger partial charge is 0.142 e. The van der Waals surface area contributed by atoms with Crippen LogP contribution in [-0.2, 0) is 5.41 Å². The topological polar surface area (TPSA) is 12.5 Å². The molecule has 0 aliphatic rings. The largest absolute Gasteiger partial charge is 0.495 e. The lowest BCUT2D eigenvalue weighted by Gasteiger charge is -2.26.